The lowest BCUT2D eigenvalue weighted by atomic mass is 10.1. The molecule has 0 aliphatic heterocycles. The molecule has 0 saturated carbocycles. The van der Waals surface area contributed by atoms with E-state index in [-0.39, 0.29) is 0 Å². The van der Waals surface area contributed by atoms with Crippen LogP contribution in [0.15, 0.2) is 42.7 Å². The van der Waals surface area contributed by atoms with Crippen LogP contribution in [0.3, 0.4) is 0 Å². The quantitative estimate of drug-likeness (QED) is 0.763. The van der Waals surface area contributed by atoms with Crippen LogP contribution in [0.2, 0.25) is 0 Å². The summed E-state index contributed by atoms with van der Waals surface area (Å²) in [4.78, 5) is 0. The number of allylic oxidation sites excluding steroid dienone is 1. The molecule has 0 fully saturated rings. The van der Waals surface area contributed by atoms with Gasteiger partial charge >= 0.3 is 0 Å². The molecule has 1 aromatic carbocycles. The van der Waals surface area contributed by atoms with Crippen molar-refractivity contribution >= 4 is 11.6 Å². The Bertz CT molecular complexity index is 413. The maximum Gasteiger partial charge on any atom is 0.0562 e. The van der Waals surface area contributed by atoms with Crippen molar-refractivity contribution in [1.29, 1.82) is 0 Å². The van der Waals surface area contributed by atoms with Gasteiger partial charge in [0.15, 0.2) is 0 Å². The highest BCUT2D eigenvalue weighted by Gasteiger charge is 1.95. The van der Waals surface area contributed by atoms with Crippen LogP contribution < -0.4 is 0 Å². The van der Waals surface area contributed by atoms with Gasteiger partial charge in [-0.15, -0.1) is 0 Å². The lowest BCUT2D eigenvalue weighted by molar-refractivity contribution is 1.09. The molecule has 1 aromatic heterocycles. The van der Waals surface area contributed by atoms with Gasteiger partial charge < -0.3 is 0 Å². The molecule has 70 valence electrons. The molecule has 2 heteroatoms. The molecule has 1 heterocycles. The maximum absolute atomic E-state index is 3.92. The van der Waals surface area contributed by atoms with Crippen LogP contribution in [-0.4, -0.2) is 10.2 Å². The number of nitrogens with one attached hydrogen (secondary N) is 1. The molecule has 2 aromatic rings. The molecule has 14 heavy (non-hydrogen) atoms. The fourth-order valence-electron chi connectivity index (χ4n) is 1.35. The topological polar surface area (TPSA) is 28.7 Å². The predicted molar refractivity (Wildman–Crippen MR) is 58.6 cm³/mol. The van der Waals surface area contributed by atoms with Gasteiger partial charge in [0.25, 0.3) is 0 Å². The summed E-state index contributed by atoms with van der Waals surface area (Å²) in [7, 11) is 0. The van der Waals surface area contributed by atoms with E-state index in [0.29, 0.717) is 0 Å². The fourth-order valence-corrected chi connectivity index (χ4v) is 1.35. The summed E-state index contributed by atoms with van der Waals surface area (Å²) in [5, 5.41) is 6.72. The summed E-state index contributed by atoms with van der Waals surface area (Å²) in [5.41, 5.74) is 3.56. The van der Waals surface area contributed by atoms with Crippen molar-refractivity contribution in [1.82, 2.24) is 10.2 Å². The van der Waals surface area contributed by atoms with Crippen LogP contribution in [0.5, 0.6) is 0 Å². The van der Waals surface area contributed by atoms with E-state index in [2.05, 4.69) is 35.3 Å². The summed E-state index contributed by atoms with van der Waals surface area (Å²) in [6.07, 6.45) is 5.87. The maximum atomic E-state index is 3.92. The van der Waals surface area contributed by atoms with Gasteiger partial charge in [-0.3, -0.25) is 5.10 Å². The van der Waals surface area contributed by atoms with Crippen molar-refractivity contribution in [2.45, 2.75) is 6.92 Å². The molecular weight excluding hydrogens is 172 g/mol. The zero-order chi connectivity index (χ0) is 9.80. The second-order valence-corrected chi connectivity index (χ2v) is 3.23. The summed E-state index contributed by atoms with van der Waals surface area (Å²) in [6, 6.07) is 10.3. The van der Waals surface area contributed by atoms with Crippen LogP contribution >= 0.6 is 0 Å². The molecule has 0 aliphatic rings. The van der Waals surface area contributed by atoms with Crippen molar-refractivity contribution in [3.63, 3.8) is 0 Å². The van der Waals surface area contributed by atoms with E-state index in [9.17, 15) is 0 Å². The summed E-state index contributed by atoms with van der Waals surface area (Å²) < 4.78 is 0. The lowest BCUT2D eigenvalue weighted by Crippen LogP contribution is -1.75. The molecule has 1 N–H and O–H groups in total. The van der Waals surface area contributed by atoms with E-state index in [1.807, 2.05) is 30.6 Å². The number of nitrogens with zero attached hydrogens (tertiary/aromatic N) is 1. The zero-order valence-electron chi connectivity index (χ0n) is 8.07. The molecule has 0 atom stereocenters. The van der Waals surface area contributed by atoms with Gasteiger partial charge in [-0.1, -0.05) is 36.4 Å². The van der Waals surface area contributed by atoms with Gasteiger partial charge in [0.1, 0.15) is 0 Å². The molecule has 0 spiro atoms. The van der Waals surface area contributed by atoms with Gasteiger partial charge in [0.2, 0.25) is 0 Å². The number of aromatic amines is 1. The Labute approximate surface area is 83.3 Å². The predicted octanol–water partition coefficient (Wildman–Crippen LogP) is 2.97. The highest BCUT2D eigenvalue weighted by atomic mass is 15.1. The zero-order valence-corrected chi connectivity index (χ0v) is 8.07. The smallest absolute Gasteiger partial charge is 0.0562 e. The summed E-state index contributed by atoms with van der Waals surface area (Å²) >= 11 is 0. The van der Waals surface area contributed by atoms with Crippen molar-refractivity contribution in [2.24, 2.45) is 0 Å². The van der Waals surface area contributed by atoms with E-state index in [1.165, 1.54) is 11.1 Å². The van der Waals surface area contributed by atoms with Crippen molar-refractivity contribution < 1.29 is 0 Å². The molecular formula is C12H12N2. The van der Waals surface area contributed by atoms with Gasteiger partial charge in [-0.2, -0.15) is 5.10 Å². The molecule has 0 amide bonds. The molecule has 0 bridgehead atoms. The van der Waals surface area contributed by atoms with Gasteiger partial charge in [-0.05, 0) is 18.1 Å². The second kappa shape index (κ2) is 3.92. The van der Waals surface area contributed by atoms with E-state index in [4.69, 9.17) is 0 Å². The average Bonchev–Trinajstić information content (AvgIpc) is 2.72. The Morgan fingerprint density at radius 3 is 2.71 bits per heavy atom. The Morgan fingerprint density at radius 1 is 1.29 bits per heavy atom. The third-order valence-electron chi connectivity index (χ3n) is 2.14. The average molecular weight is 184 g/mol. The Morgan fingerprint density at radius 2 is 2.07 bits per heavy atom. The molecule has 0 saturated heterocycles. The number of hydrogen-bond acceptors (Lipinski definition) is 1. The minimum atomic E-state index is 1.13. The van der Waals surface area contributed by atoms with E-state index < -0.39 is 0 Å². The van der Waals surface area contributed by atoms with Crippen molar-refractivity contribution in [3.8, 4) is 0 Å². The number of aromatic nitrogens is 2. The van der Waals surface area contributed by atoms with Crippen molar-refractivity contribution in [2.75, 3.05) is 0 Å². The first-order valence-corrected chi connectivity index (χ1v) is 4.59. The van der Waals surface area contributed by atoms with Crippen LogP contribution in [0, 0.1) is 0 Å². The largest absolute Gasteiger partial charge is 0.285 e. The normalized spacial score (nSPS) is 11.6. The molecule has 0 radical (unpaired) electrons. The minimum absolute atomic E-state index is 1.13. The van der Waals surface area contributed by atoms with Crippen LogP contribution in [0.25, 0.3) is 11.6 Å². The lowest BCUT2D eigenvalue weighted by Gasteiger charge is -1.96. The van der Waals surface area contributed by atoms with Crippen LogP contribution in [0.4, 0.5) is 0 Å². The summed E-state index contributed by atoms with van der Waals surface area (Å²) in [6.45, 7) is 2.08. The van der Waals surface area contributed by atoms with Gasteiger partial charge in [0.05, 0.1) is 6.20 Å². The monoisotopic (exact) mass is 184 g/mol. The first-order chi connectivity index (χ1) is 6.86. The van der Waals surface area contributed by atoms with Gasteiger partial charge in [-0.25, -0.2) is 0 Å². The molecule has 2 rings (SSSR count). The number of H-pyrrole nitrogens is 1. The third kappa shape index (κ3) is 1.91. The Balaban J connectivity index is 2.28. The summed E-state index contributed by atoms with van der Waals surface area (Å²) in [5.74, 6) is 0. The van der Waals surface area contributed by atoms with Crippen LogP contribution in [-0.2, 0) is 0 Å². The SMILES string of the molecule is C/C(=C/c1ccccc1)c1cn[nH]c1. The number of rotatable bonds is 2. The Kier molecular flexibility index (Phi) is 2.45. The van der Waals surface area contributed by atoms with E-state index >= 15 is 0 Å². The highest BCUT2D eigenvalue weighted by molar-refractivity contribution is 5.79. The second-order valence-electron chi connectivity index (χ2n) is 3.23. The van der Waals surface area contributed by atoms with Gasteiger partial charge in [0, 0.05) is 11.8 Å². The Hall–Kier alpha value is -1.83. The van der Waals surface area contributed by atoms with Crippen molar-refractivity contribution in [3.05, 3.63) is 53.9 Å². The molecule has 0 unspecified atom stereocenters. The van der Waals surface area contributed by atoms with E-state index in [0.717, 1.165) is 5.56 Å². The standard InChI is InChI=1S/C12H12N2/c1-10(12-8-13-14-9-12)7-11-5-3-2-4-6-11/h2-9H,1H3,(H,13,14)/b10-7-. The first-order valence-electron chi connectivity index (χ1n) is 4.59. The number of benzene rings is 1. The first kappa shape index (κ1) is 8.75. The van der Waals surface area contributed by atoms with E-state index in [1.54, 1.807) is 0 Å². The molecule has 2 nitrogen and oxygen atoms in total. The van der Waals surface area contributed by atoms with Crippen LogP contribution in [0.1, 0.15) is 18.1 Å². The molecule has 0 aliphatic carbocycles. The fraction of sp³-hybridized carbons (Fsp3) is 0.0833. The third-order valence-corrected chi connectivity index (χ3v) is 2.14. The minimum Gasteiger partial charge on any atom is -0.285 e. The number of hydrogen-bond donors (Lipinski definition) is 1. The highest BCUT2D eigenvalue weighted by Crippen LogP contribution is 2.15.